The number of carboxylic acids is 1. The first-order valence-electron chi connectivity index (χ1n) is 5.18. The number of rotatable bonds is 5. The molecule has 1 aromatic rings. The molecule has 0 saturated heterocycles. The fraction of sp³-hybridized carbons (Fsp3) is 0.417. The summed E-state index contributed by atoms with van der Waals surface area (Å²) >= 11 is 0. The predicted octanol–water partition coefficient (Wildman–Crippen LogP) is 2.28. The van der Waals surface area contributed by atoms with E-state index in [2.05, 4.69) is 0 Å². The van der Waals surface area contributed by atoms with Gasteiger partial charge in [0.25, 0.3) is 0 Å². The SMILES string of the molecule is Cc1ccc(C)c(S(=O)CCCC(=O)O)c1. The lowest BCUT2D eigenvalue weighted by molar-refractivity contribution is -0.137. The minimum atomic E-state index is -1.09. The molecule has 0 aliphatic carbocycles. The lowest BCUT2D eigenvalue weighted by atomic mass is 10.2. The Labute approximate surface area is 98.0 Å². The molecule has 0 saturated carbocycles. The molecule has 1 aromatic carbocycles. The first kappa shape index (κ1) is 12.9. The van der Waals surface area contributed by atoms with Crippen molar-refractivity contribution in [2.24, 2.45) is 0 Å². The van der Waals surface area contributed by atoms with Gasteiger partial charge in [-0.3, -0.25) is 9.00 Å². The molecule has 0 fully saturated rings. The summed E-state index contributed by atoms with van der Waals surface area (Å²) in [4.78, 5) is 11.2. The second kappa shape index (κ2) is 5.80. The highest BCUT2D eigenvalue weighted by molar-refractivity contribution is 7.85. The maximum absolute atomic E-state index is 11.9. The van der Waals surface area contributed by atoms with Crippen molar-refractivity contribution in [2.75, 3.05) is 5.75 Å². The molecule has 1 atom stereocenters. The molecule has 0 amide bonds. The quantitative estimate of drug-likeness (QED) is 0.859. The van der Waals surface area contributed by atoms with E-state index in [1.54, 1.807) is 0 Å². The van der Waals surface area contributed by atoms with Gasteiger partial charge in [0.15, 0.2) is 0 Å². The Balaban J connectivity index is 2.65. The first-order valence-corrected chi connectivity index (χ1v) is 6.50. The smallest absolute Gasteiger partial charge is 0.303 e. The highest BCUT2D eigenvalue weighted by Gasteiger charge is 2.08. The molecule has 3 nitrogen and oxygen atoms in total. The standard InChI is InChI=1S/C12H16O3S/c1-9-5-6-10(2)11(8-9)16(15)7-3-4-12(13)14/h5-6,8H,3-4,7H2,1-2H3,(H,13,14). The molecule has 0 aliphatic heterocycles. The Morgan fingerprint density at radius 1 is 1.38 bits per heavy atom. The fourth-order valence-corrected chi connectivity index (χ4v) is 2.79. The normalized spacial score (nSPS) is 12.4. The van der Waals surface area contributed by atoms with Crippen molar-refractivity contribution in [2.45, 2.75) is 31.6 Å². The van der Waals surface area contributed by atoms with E-state index in [1.165, 1.54) is 0 Å². The van der Waals surface area contributed by atoms with Crippen LogP contribution in [0.5, 0.6) is 0 Å². The number of hydrogen-bond donors (Lipinski definition) is 1. The largest absolute Gasteiger partial charge is 0.481 e. The van der Waals surface area contributed by atoms with Gasteiger partial charge in [-0.1, -0.05) is 12.1 Å². The van der Waals surface area contributed by atoms with Gasteiger partial charge >= 0.3 is 5.97 Å². The number of aryl methyl sites for hydroxylation is 2. The van der Waals surface area contributed by atoms with Gasteiger partial charge in [0.1, 0.15) is 0 Å². The van der Waals surface area contributed by atoms with Gasteiger partial charge < -0.3 is 5.11 Å². The van der Waals surface area contributed by atoms with Crippen LogP contribution < -0.4 is 0 Å². The predicted molar refractivity (Wildman–Crippen MR) is 64.1 cm³/mol. The highest BCUT2D eigenvalue weighted by Crippen LogP contribution is 2.16. The van der Waals surface area contributed by atoms with E-state index in [0.717, 1.165) is 16.0 Å². The van der Waals surface area contributed by atoms with Crippen LogP contribution in [0, 0.1) is 13.8 Å². The summed E-state index contributed by atoms with van der Waals surface area (Å²) < 4.78 is 11.9. The Kier molecular flexibility index (Phi) is 4.68. The van der Waals surface area contributed by atoms with E-state index >= 15 is 0 Å². The van der Waals surface area contributed by atoms with Gasteiger partial charge in [0, 0.05) is 17.1 Å². The second-order valence-corrected chi connectivity index (χ2v) is 5.36. The number of carboxylic acid groups (broad SMARTS) is 1. The fourth-order valence-electron chi connectivity index (χ4n) is 1.42. The number of hydrogen-bond acceptors (Lipinski definition) is 2. The summed E-state index contributed by atoms with van der Waals surface area (Å²) in [5.74, 6) is -0.422. The molecule has 1 rings (SSSR count). The van der Waals surface area contributed by atoms with Crippen molar-refractivity contribution in [3.8, 4) is 0 Å². The zero-order valence-corrected chi connectivity index (χ0v) is 10.3. The molecule has 1 unspecified atom stereocenters. The third-order valence-electron chi connectivity index (χ3n) is 2.31. The van der Waals surface area contributed by atoms with Gasteiger partial charge in [0.05, 0.1) is 10.8 Å². The third kappa shape index (κ3) is 3.77. The van der Waals surface area contributed by atoms with Crippen molar-refractivity contribution in [1.82, 2.24) is 0 Å². The minimum Gasteiger partial charge on any atom is -0.481 e. The molecule has 4 heteroatoms. The zero-order valence-electron chi connectivity index (χ0n) is 9.53. The molecule has 1 N–H and O–H groups in total. The molecule has 0 aromatic heterocycles. The number of carbonyl (C=O) groups is 1. The molecule has 0 spiro atoms. The Hall–Kier alpha value is -1.16. The van der Waals surface area contributed by atoms with Crippen LogP contribution in [-0.4, -0.2) is 21.0 Å². The molecule has 0 aliphatic rings. The molecule has 88 valence electrons. The van der Waals surface area contributed by atoms with Crippen LogP contribution in [0.4, 0.5) is 0 Å². The number of aliphatic carboxylic acids is 1. The summed E-state index contributed by atoms with van der Waals surface area (Å²) in [5.41, 5.74) is 2.08. The van der Waals surface area contributed by atoms with E-state index in [4.69, 9.17) is 5.11 Å². The highest BCUT2D eigenvalue weighted by atomic mass is 32.2. The van der Waals surface area contributed by atoms with Crippen molar-refractivity contribution >= 4 is 16.8 Å². The van der Waals surface area contributed by atoms with Crippen LogP contribution in [0.15, 0.2) is 23.1 Å². The van der Waals surface area contributed by atoms with E-state index in [0.29, 0.717) is 12.2 Å². The average molecular weight is 240 g/mol. The summed E-state index contributed by atoms with van der Waals surface area (Å²) in [5, 5.41) is 8.50. The van der Waals surface area contributed by atoms with Gasteiger partial charge in [-0.2, -0.15) is 0 Å². The van der Waals surface area contributed by atoms with Crippen molar-refractivity contribution < 1.29 is 14.1 Å². The first-order chi connectivity index (χ1) is 7.50. The van der Waals surface area contributed by atoms with E-state index < -0.39 is 16.8 Å². The topological polar surface area (TPSA) is 54.4 Å². The van der Waals surface area contributed by atoms with Crippen LogP contribution in [0.3, 0.4) is 0 Å². The van der Waals surface area contributed by atoms with E-state index in [9.17, 15) is 9.00 Å². The summed E-state index contributed by atoms with van der Waals surface area (Å²) in [6.45, 7) is 3.88. The molecule has 0 radical (unpaired) electrons. The summed E-state index contributed by atoms with van der Waals surface area (Å²) in [6, 6.07) is 5.83. The average Bonchev–Trinajstić information content (AvgIpc) is 2.21. The lowest BCUT2D eigenvalue weighted by Crippen LogP contribution is -2.03. The Bertz CT molecular complexity index is 413. The summed E-state index contributed by atoms with van der Waals surface area (Å²) in [6.07, 6.45) is 0.534. The third-order valence-corrected chi connectivity index (χ3v) is 3.90. The van der Waals surface area contributed by atoms with Crippen LogP contribution in [-0.2, 0) is 15.6 Å². The maximum Gasteiger partial charge on any atom is 0.303 e. The van der Waals surface area contributed by atoms with Crippen molar-refractivity contribution in [3.05, 3.63) is 29.3 Å². The molecule has 0 heterocycles. The minimum absolute atomic E-state index is 0.0800. The van der Waals surface area contributed by atoms with Gasteiger partial charge in [-0.05, 0) is 37.5 Å². The molecular formula is C12H16O3S. The van der Waals surface area contributed by atoms with Crippen molar-refractivity contribution in [3.63, 3.8) is 0 Å². The van der Waals surface area contributed by atoms with Crippen LogP contribution in [0.25, 0.3) is 0 Å². The van der Waals surface area contributed by atoms with Crippen LogP contribution >= 0.6 is 0 Å². The number of benzene rings is 1. The monoisotopic (exact) mass is 240 g/mol. The second-order valence-electron chi connectivity index (χ2n) is 3.82. The zero-order chi connectivity index (χ0) is 12.1. The maximum atomic E-state index is 11.9. The van der Waals surface area contributed by atoms with Gasteiger partial charge in [-0.25, -0.2) is 0 Å². The van der Waals surface area contributed by atoms with Gasteiger partial charge in [-0.15, -0.1) is 0 Å². The molecule has 0 bridgehead atoms. The molecular weight excluding hydrogens is 224 g/mol. The van der Waals surface area contributed by atoms with Crippen LogP contribution in [0.2, 0.25) is 0 Å². The Morgan fingerprint density at radius 3 is 2.69 bits per heavy atom. The summed E-state index contributed by atoms with van der Waals surface area (Å²) in [7, 11) is -1.09. The van der Waals surface area contributed by atoms with Gasteiger partial charge in [0.2, 0.25) is 0 Å². The van der Waals surface area contributed by atoms with E-state index in [-0.39, 0.29) is 6.42 Å². The van der Waals surface area contributed by atoms with Crippen LogP contribution in [0.1, 0.15) is 24.0 Å². The Morgan fingerprint density at radius 2 is 2.06 bits per heavy atom. The van der Waals surface area contributed by atoms with E-state index in [1.807, 2.05) is 32.0 Å². The lowest BCUT2D eigenvalue weighted by Gasteiger charge is -2.06. The molecule has 16 heavy (non-hydrogen) atoms. The van der Waals surface area contributed by atoms with Crippen molar-refractivity contribution in [1.29, 1.82) is 0 Å².